The number of nitrogens with zero attached hydrogens (tertiary/aromatic N) is 1. The first-order chi connectivity index (χ1) is 12.4. The minimum atomic E-state index is -0.593. The average Bonchev–Trinajstić information content (AvgIpc) is 3.04. The molecule has 146 valence electrons. The molecule has 2 aromatic rings. The number of carbonyl (C=O) groups excluding carboxylic acids is 1. The number of fused-ring (bicyclic) bond motifs is 1. The van der Waals surface area contributed by atoms with Gasteiger partial charge in [0.15, 0.2) is 0 Å². The molecule has 1 saturated heterocycles. The molecule has 0 aliphatic carbocycles. The van der Waals surface area contributed by atoms with Gasteiger partial charge in [0.2, 0.25) is 0 Å². The maximum Gasteiger partial charge on any atom is 0.495 e. The Morgan fingerprint density at radius 2 is 1.67 bits per heavy atom. The maximum absolute atomic E-state index is 12.7. The SMILES string of the molecule is COc1ccc(B2OC(C)(C)C(C)(C)O2)c2ccn(C(=O)OC(C)(C)C)c12. The maximum atomic E-state index is 12.7. The van der Waals surface area contributed by atoms with Crippen LogP contribution >= 0.6 is 0 Å². The van der Waals surface area contributed by atoms with E-state index in [1.165, 1.54) is 4.57 Å². The third kappa shape index (κ3) is 3.46. The van der Waals surface area contributed by atoms with Crippen LogP contribution in [0.5, 0.6) is 5.75 Å². The van der Waals surface area contributed by atoms with Crippen molar-refractivity contribution < 1.29 is 23.6 Å². The highest BCUT2D eigenvalue weighted by Crippen LogP contribution is 2.37. The molecule has 0 unspecified atom stereocenters. The lowest BCUT2D eigenvalue weighted by Crippen LogP contribution is -2.41. The van der Waals surface area contributed by atoms with Crippen LogP contribution in [0.25, 0.3) is 10.9 Å². The third-order valence-electron chi connectivity index (χ3n) is 5.16. The van der Waals surface area contributed by atoms with E-state index >= 15 is 0 Å². The molecule has 3 rings (SSSR count). The summed E-state index contributed by atoms with van der Waals surface area (Å²) in [5.74, 6) is 0.584. The molecule has 1 aromatic heterocycles. The Bertz CT molecular complexity index is 862. The lowest BCUT2D eigenvalue weighted by atomic mass is 9.77. The van der Waals surface area contributed by atoms with Gasteiger partial charge < -0.3 is 18.8 Å². The number of benzene rings is 1. The lowest BCUT2D eigenvalue weighted by molar-refractivity contribution is 0.00578. The van der Waals surface area contributed by atoms with Crippen molar-refractivity contribution in [2.75, 3.05) is 7.11 Å². The number of hydrogen-bond donors (Lipinski definition) is 0. The van der Waals surface area contributed by atoms with Gasteiger partial charge in [-0.15, -0.1) is 0 Å². The van der Waals surface area contributed by atoms with Crippen molar-refractivity contribution in [2.45, 2.75) is 65.3 Å². The molecule has 1 aliphatic rings. The summed E-state index contributed by atoms with van der Waals surface area (Å²) in [6, 6.07) is 5.61. The molecular formula is C20H28BNO5. The van der Waals surface area contributed by atoms with E-state index in [1.807, 2.05) is 66.7 Å². The quantitative estimate of drug-likeness (QED) is 0.751. The van der Waals surface area contributed by atoms with E-state index in [9.17, 15) is 4.79 Å². The number of hydrogen-bond acceptors (Lipinski definition) is 5. The predicted molar refractivity (Wildman–Crippen MR) is 106 cm³/mol. The van der Waals surface area contributed by atoms with Crippen LogP contribution in [0.1, 0.15) is 48.5 Å². The zero-order valence-electron chi connectivity index (χ0n) is 17.4. The van der Waals surface area contributed by atoms with Crippen LogP contribution in [0.3, 0.4) is 0 Å². The zero-order valence-corrected chi connectivity index (χ0v) is 17.4. The zero-order chi connectivity index (χ0) is 20.2. The highest BCUT2D eigenvalue weighted by molar-refractivity contribution is 6.65. The highest BCUT2D eigenvalue weighted by Gasteiger charge is 2.52. The summed E-state index contributed by atoms with van der Waals surface area (Å²) in [6.07, 6.45) is 1.23. The first kappa shape index (κ1) is 19.8. The highest BCUT2D eigenvalue weighted by atomic mass is 16.7. The molecule has 0 bridgehead atoms. The number of aromatic nitrogens is 1. The fourth-order valence-electron chi connectivity index (χ4n) is 3.05. The van der Waals surface area contributed by atoms with E-state index in [0.717, 1.165) is 10.8 Å². The second kappa shape index (κ2) is 6.28. The largest absolute Gasteiger partial charge is 0.495 e. The monoisotopic (exact) mass is 373 g/mol. The molecule has 0 radical (unpaired) electrons. The van der Waals surface area contributed by atoms with Gasteiger partial charge in [-0.1, -0.05) is 6.07 Å². The van der Waals surface area contributed by atoms with Gasteiger partial charge in [-0.05, 0) is 66.1 Å². The van der Waals surface area contributed by atoms with Crippen molar-refractivity contribution in [1.82, 2.24) is 4.57 Å². The van der Waals surface area contributed by atoms with Crippen LogP contribution in [-0.4, -0.2) is 41.7 Å². The smallest absolute Gasteiger partial charge is 0.495 e. The van der Waals surface area contributed by atoms with Crippen LogP contribution in [0.2, 0.25) is 0 Å². The fourth-order valence-corrected chi connectivity index (χ4v) is 3.05. The molecule has 0 spiro atoms. The van der Waals surface area contributed by atoms with Crippen molar-refractivity contribution in [2.24, 2.45) is 0 Å². The Labute approximate surface area is 160 Å². The van der Waals surface area contributed by atoms with Crippen molar-refractivity contribution >= 4 is 29.6 Å². The van der Waals surface area contributed by atoms with Crippen molar-refractivity contribution in [3.05, 3.63) is 24.4 Å². The van der Waals surface area contributed by atoms with Crippen molar-refractivity contribution in [3.8, 4) is 5.75 Å². The molecule has 1 fully saturated rings. The van der Waals surface area contributed by atoms with E-state index in [1.54, 1.807) is 13.3 Å². The summed E-state index contributed by atoms with van der Waals surface area (Å²) in [5.41, 5.74) is 0.00484. The molecule has 6 nitrogen and oxygen atoms in total. The first-order valence-electron chi connectivity index (χ1n) is 9.13. The Hall–Kier alpha value is -1.99. The molecule has 0 saturated carbocycles. The standard InChI is InChI=1S/C20H28BNO5/c1-18(2,3)25-17(23)22-12-11-13-14(9-10-15(24-8)16(13)22)21-26-19(4,5)20(6,7)27-21/h9-12H,1-8H3. The Kier molecular flexibility index (Phi) is 4.60. The van der Waals surface area contributed by atoms with Gasteiger partial charge in [0.05, 0.1) is 18.3 Å². The van der Waals surface area contributed by atoms with E-state index in [4.69, 9.17) is 18.8 Å². The summed E-state index contributed by atoms with van der Waals surface area (Å²) in [5, 5.41) is 0.832. The molecule has 7 heteroatoms. The van der Waals surface area contributed by atoms with Gasteiger partial charge in [0.1, 0.15) is 16.9 Å². The van der Waals surface area contributed by atoms with Crippen molar-refractivity contribution in [1.29, 1.82) is 0 Å². The van der Waals surface area contributed by atoms with E-state index in [2.05, 4.69) is 0 Å². The van der Waals surface area contributed by atoms with Crippen LogP contribution in [-0.2, 0) is 14.0 Å². The number of ether oxygens (including phenoxy) is 2. The normalized spacial score (nSPS) is 18.7. The van der Waals surface area contributed by atoms with E-state index in [0.29, 0.717) is 11.3 Å². The summed E-state index contributed by atoms with van der Waals surface area (Å²) in [6.45, 7) is 13.6. The van der Waals surface area contributed by atoms with Gasteiger partial charge in [-0.3, -0.25) is 0 Å². The molecular weight excluding hydrogens is 345 g/mol. The van der Waals surface area contributed by atoms with E-state index < -0.39 is 30.0 Å². The number of methoxy groups -OCH3 is 1. The summed E-state index contributed by atoms with van der Waals surface area (Å²) < 4.78 is 24.9. The van der Waals surface area contributed by atoms with Crippen molar-refractivity contribution in [3.63, 3.8) is 0 Å². The Balaban J connectivity index is 2.09. The van der Waals surface area contributed by atoms with Crippen LogP contribution in [0.4, 0.5) is 4.79 Å². The number of rotatable bonds is 2. The van der Waals surface area contributed by atoms with Gasteiger partial charge in [0, 0.05) is 11.6 Å². The summed E-state index contributed by atoms with van der Waals surface area (Å²) in [7, 11) is 1.05. The minimum Gasteiger partial charge on any atom is -0.495 e. The van der Waals surface area contributed by atoms with Crippen LogP contribution in [0.15, 0.2) is 24.4 Å². The summed E-state index contributed by atoms with van der Waals surface area (Å²) >= 11 is 0. The molecule has 1 aliphatic heterocycles. The topological polar surface area (TPSA) is 58.9 Å². The predicted octanol–water partition coefficient (Wildman–Crippen LogP) is 3.73. The minimum absolute atomic E-state index is 0.447. The molecule has 1 aromatic carbocycles. The third-order valence-corrected chi connectivity index (χ3v) is 5.16. The molecule has 0 amide bonds. The summed E-state index contributed by atoms with van der Waals surface area (Å²) in [4.78, 5) is 12.7. The second-order valence-corrected chi connectivity index (χ2v) is 8.87. The van der Waals surface area contributed by atoms with Gasteiger partial charge in [-0.25, -0.2) is 9.36 Å². The number of carbonyl (C=O) groups is 1. The second-order valence-electron chi connectivity index (χ2n) is 8.87. The lowest BCUT2D eigenvalue weighted by Gasteiger charge is -2.32. The Morgan fingerprint density at radius 1 is 1.07 bits per heavy atom. The van der Waals surface area contributed by atoms with Gasteiger partial charge in [0.25, 0.3) is 0 Å². The average molecular weight is 373 g/mol. The van der Waals surface area contributed by atoms with Gasteiger partial charge in [-0.2, -0.15) is 0 Å². The fraction of sp³-hybridized carbons (Fsp3) is 0.550. The Morgan fingerprint density at radius 3 is 2.19 bits per heavy atom. The first-order valence-corrected chi connectivity index (χ1v) is 9.13. The molecule has 0 N–H and O–H groups in total. The van der Waals surface area contributed by atoms with Crippen LogP contribution in [0, 0.1) is 0 Å². The molecule has 0 atom stereocenters. The molecule has 27 heavy (non-hydrogen) atoms. The van der Waals surface area contributed by atoms with Gasteiger partial charge >= 0.3 is 13.2 Å². The van der Waals surface area contributed by atoms with Crippen LogP contribution < -0.4 is 10.2 Å². The molecule has 2 heterocycles. The van der Waals surface area contributed by atoms with E-state index in [-0.39, 0.29) is 0 Å².